The predicted octanol–water partition coefficient (Wildman–Crippen LogP) is 3.82. The number of hydrogen-bond acceptors (Lipinski definition) is 6. The number of rotatable bonds is 6. The standard InChI is InChI=1S/C23H28ClN3O3S/c1-30-23(29)21-18-4-2-3-5-19(18)31-22(21)25-20(28)15-27-12-10-26(11-13-27)14-16-6-8-17(24)9-7-16/h6-9H,2-5,10-15H2,1H3,(H,25,28). The Labute approximate surface area is 192 Å². The lowest BCUT2D eigenvalue weighted by molar-refractivity contribution is -0.117. The van der Waals surface area contributed by atoms with Gasteiger partial charge >= 0.3 is 5.97 Å². The van der Waals surface area contributed by atoms with Crippen LogP contribution in [0.5, 0.6) is 0 Å². The number of hydrogen-bond donors (Lipinski definition) is 1. The molecule has 1 aliphatic heterocycles. The van der Waals surface area contributed by atoms with Crippen LogP contribution >= 0.6 is 22.9 Å². The van der Waals surface area contributed by atoms with E-state index in [0.29, 0.717) is 17.1 Å². The van der Waals surface area contributed by atoms with Crippen LogP contribution in [0.25, 0.3) is 0 Å². The molecule has 31 heavy (non-hydrogen) atoms. The van der Waals surface area contributed by atoms with Gasteiger partial charge in [0.05, 0.1) is 19.2 Å². The molecule has 0 atom stereocenters. The number of ether oxygens (including phenoxy) is 1. The molecular weight excluding hydrogens is 434 g/mol. The molecule has 166 valence electrons. The molecule has 1 aromatic heterocycles. The molecule has 2 heterocycles. The van der Waals surface area contributed by atoms with Gasteiger partial charge in [-0.15, -0.1) is 11.3 Å². The quantitative estimate of drug-likeness (QED) is 0.662. The molecule has 1 saturated heterocycles. The van der Waals surface area contributed by atoms with Gasteiger partial charge in [0.15, 0.2) is 0 Å². The van der Waals surface area contributed by atoms with Crippen molar-refractivity contribution in [1.82, 2.24) is 9.80 Å². The first-order chi connectivity index (χ1) is 15.0. The maximum absolute atomic E-state index is 12.7. The number of aryl methyl sites for hydroxylation is 1. The summed E-state index contributed by atoms with van der Waals surface area (Å²) >= 11 is 7.49. The molecular formula is C23H28ClN3O3S. The van der Waals surface area contributed by atoms with Crippen molar-refractivity contribution in [3.63, 3.8) is 0 Å². The van der Waals surface area contributed by atoms with Gasteiger partial charge in [-0.25, -0.2) is 4.79 Å². The van der Waals surface area contributed by atoms with E-state index in [1.807, 2.05) is 12.1 Å². The summed E-state index contributed by atoms with van der Waals surface area (Å²) in [5, 5.41) is 4.39. The van der Waals surface area contributed by atoms with E-state index < -0.39 is 0 Å². The van der Waals surface area contributed by atoms with E-state index in [-0.39, 0.29) is 11.9 Å². The Balaban J connectivity index is 1.31. The van der Waals surface area contributed by atoms with E-state index in [0.717, 1.165) is 69.0 Å². The number of methoxy groups -OCH3 is 1. The minimum absolute atomic E-state index is 0.0742. The number of nitrogens with one attached hydrogen (secondary N) is 1. The number of amides is 1. The van der Waals surface area contributed by atoms with Gasteiger partial charge < -0.3 is 10.1 Å². The fourth-order valence-electron chi connectivity index (χ4n) is 4.29. The molecule has 8 heteroatoms. The van der Waals surface area contributed by atoms with Crippen molar-refractivity contribution in [2.75, 3.05) is 45.2 Å². The van der Waals surface area contributed by atoms with Gasteiger partial charge in [-0.05, 0) is 48.9 Å². The highest BCUT2D eigenvalue weighted by Crippen LogP contribution is 2.38. The van der Waals surface area contributed by atoms with Gasteiger partial charge in [0.2, 0.25) is 5.91 Å². The van der Waals surface area contributed by atoms with Gasteiger partial charge in [-0.3, -0.25) is 14.6 Å². The number of anilines is 1. The van der Waals surface area contributed by atoms with Crippen molar-refractivity contribution in [3.8, 4) is 0 Å². The van der Waals surface area contributed by atoms with Gasteiger partial charge in [0.25, 0.3) is 0 Å². The lowest BCUT2D eigenvalue weighted by atomic mass is 9.95. The average Bonchev–Trinajstić information content (AvgIpc) is 3.13. The maximum atomic E-state index is 12.7. The number of carbonyl (C=O) groups excluding carboxylic acids is 2. The molecule has 1 aromatic carbocycles. The summed E-state index contributed by atoms with van der Waals surface area (Å²) in [7, 11) is 1.39. The summed E-state index contributed by atoms with van der Waals surface area (Å²) in [6.07, 6.45) is 4.04. The summed E-state index contributed by atoms with van der Waals surface area (Å²) in [4.78, 5) is 30.9. The van der Waals surface area contributed by atoms with Crippen LogP contribution in [-0.4, -0.2) is 61.5 Å². The third-order valence-electron chi connectivity index (χ3n) is 5.97. The van der Waals surface area contributed by atoms with Crippen molar-refractivity contribution in [3.05, 3.63) is 50.9 Å². The number of carbonyl (C=O) groups is 2. The number of nitrogens with zero attached hydrogens (tertiary/aromatic N) is 2. The first-order valence-electron chi connectivity index (χ1n) is 10.8. The summed E-state index contributed by atoms with van der Waals surface area (Å²) in [5.41, 5.74) is 2.87. The van der Waals surface area contributed by atoms with E-state index in [4.69, 9.17) is 16.3 Å². The molecule has 0 radical (unpaired) electrons. The number of benzene rings is 1. The Bertz CT molecular complexity index is 936. The van der Waals surface area contributed by atoms with E-state index in [2.05, 4.69) is 27.2 Å². The summed E-state index contributed by atoms with van der Waals surface area (Å²) in [6, 6.07) is 7.95. The molecule has 1 amide bonds. The van der Waals surface area contributed by atoms with Gasteiger partial charge in [-0.2, -0.15) is 0 Å². The minimum atomic E-state index is -0.356. The summed E-state index contributed by atoms with van der Waals surface area (Å²) < 4.78 is 4.99. The van der Waals surface area contributed by atoms with E-state index in [9.17, 15) is 9.59 Å². The third-order valence-corrected chi connectivity index (χ3v) is 7.42. The first kappa shape index (κ1) is 22.3. The van der Waals surface area contributed by atoms with Crippen LogP contribution in [-0.2, 0) is 28.9 Å². The van der Waals surface area contributed by atoms with Crippen LogP contribution in [0.1, 0.15) is 39.2 Å². The largest absolute Gasteiger partial charge is 0.465 e. The molecule has 2 aromatic rings. The Morgan fingerprint density at radius 1 is 1.06 bits per heavy atom. The van der Waals surface area contributed by atoms with Crippen molar-refractivity contribution in [2.45, 2.75) is 32.2 Å². The molecule has 0 spiro atoms. The van der Waals surface area contributed by atoms with Crippen LogP contribution in [0.2, 0.25) is 5.02 Å². The molecule has 6 nitrogen and oxygen atoms in total. The van der Waals surface area contributed by atoms with Crippen LogP contribution in [0.15, 0.2) is 24.3 Å². The highest BCUT2D eigenvalue weighted by Gasteiger charge is 2.27. The predicted molar refractivity (Wildman–Crippen MR) is 124 cm³/mol. The van der Waals surface area contributed by atoms with Gasteiger partial charge in [0.1, 0.15) is 5.00 Å². The zero-order valence-corrected chi connectivity index (χ0v) is 19.4. The number of halogens is 1. The molecule has 1 fully saturated rings. The maximum Gasteiger partial charge on any atom is 0.341 e. The van der Waals surface area contributed by atoms with Crippen molar-refractivity contribution >= 4 is 39.8 Å². The second-order valence-corrected chi connectivity index (χ2v) is 9.68. The van der Waals surface area contributed by atoms with Crippen LogP contribution in [0.3, 0.4) is 0 Å². The monoisotopic (exact) mass is 461 g/mol. The Hall–Kier alpha value is -1.93. The third kappa shape index (κ3) is 5.47. The smallest absolute Gasteiger partial charge is 0.341 e. The fraction of sp³-hybridized carbons (Fsp3) is 0.478. The molecule has 0 unspecified atom stereocenters. The Kier molecular flexibility index (Phi) is 7.27. The van der Waals surface area contributed by atoms with E-state index in [1.165, 1.54) is 28.9 Å². The minimum Gasteiger partial charge on any atom is -0.465 e. The van der Waals surface area contributed by atoms with Crippen LogP contribution in [0.4, 0.5) is 5.00 Å². The van der Waals surface area contributed by atoms with Crippen molar-refractivity contribution in [2.24, 2.45) is 0 Å². The fourth-order valence-corrected chi connectivity index (χ4v) is 5.71. The summed E-state index contributed by atoms with van der Waals surface area (Å²) in [5.74, 6) is -0.430. The van der Waals surface area contributed by atoms with E-state index in [1.54, 1.807) is 0 Å². The second kappa shape index (κ2) is 10.1. The summed E-state index contributed by atoms with van der Waals surface area (Å²) in [6.45, 7) is 4.73. The van der Waals surface area contributed by atoms with Crippen molar-refractivity contribution in [1.29, 1.82) is 0 Å². The van der Waals surface area contributed by atoms with Crippen LogP contribution in [0, 0.1) is 0 Å². The normalized spacial score (nSPS) is 17.2. The van der Waals surface area contributed by atoms with Crippen molar-refractivity contribution < 1.29 is 14.3 Å². The van der Waals surface area contributed by atoms with Gasteiger partial charge in [-0.1, -0.05) is 23.7 Å². The molecule has 2 aliphatic rings. The molecule has 1 N–H and O–H groups in total. The average molecular weight is 462 g/mol. The highest BCUT2D eigenvalue weighted by molar-refractivity contribution is 7.17. The lowest BCUT2D eigenvalue weighted by Gasteiger charge is -2.34. The Morgan fingerprint density at radius 3 is 2.45 bits per heavy atom. The molecule has 0 bridgehead atoms. The topological polar surface area (TPSA) is 61.9 Å². The van der Waals surface area contributed by atoms with Gasteiger partial charge in [0, 0.05) is 42.6 Å². The Morgan fingerprint density at radius 2 is 1.74 bits per heavy atom. The van der Waals surface area contributed by atoms with E-state index >= 15 is 0 Å². The highest BCUT2D eigenvalue weighted by atomic mass is 35.5. The zero-order valence-electron chi connectivity index (χ0n) is 17.8. The molecule has 4 rings (SSSR count). The zero-order chi connectivity index (χ0) is 21.8. The molecule has 0 saturated carbocycles. The number of thiophene rings is 1. The SMILES string of the molecule is COC(=O)c1c(NC(=O)CN2CCN(Cc3ccc(Cl)cc3)CC2)sc2c1CCCC2. The second-order valence-electron chi connectivity index (χ2n) is 8.13. The van der Waals surface area contributed by atoms with Crippen LogP contribution < -0.4 is 5.32 Å². The number of piperazine rings is 1. The number of fused-ring (bicyclic) bond motifs is 1. The molecule has 1 aliphatic carbocycles. The first-order valence-corrected chi connectivity index (χ1v) is 11.9. The lowest BCUT2D eigenvalue weighted by Crippen LogP contribution is -2.48. The number of esters is 1.